The number of pyridine rings is 1. The van der Waals surface area contributed by atoms with Gasteiger partial charge in [0.1, 0.15) is 6.33 Å². The Labute approximate surface area is 95.0 Å². The molecule has 4 nitrogen and oxygen atoms in total. The molecule has 2 rings (SSSR count). The molecule has 0 atom stereocenters. The van der Waals surface area contributed by atoms with E-state index >= 15 is 0 Å². The van der Waals surface area contributed by atoms with Gasteiger partial charge in [-0.1, -0.05) is 0 Å². The number of hydrogen-bond donors (Lipinski definition) is 0. The van der Waals surface area contributed by atoms with E-state index in [4.69, 9.17) is 0 Å². The molecule has 2 aromatic heterocycles. The van der Waals surface area contributed by atoms with Crippen molar-refractivity contribution in [2.24, 2.45) is 0 Å². The molecule has 0 N–H and O–H groups in total. The van der Waals surface area contributed by atoms with Crippen LogP contribution in [0.25, 0.3) is 0 Å². The lowest BCUT2D eigenvalue weighted by atomic mass is 10.2. The van der Waals surface area contributed by atoms with E-state index in [1.165, 1.54) is 5.56 Å². The number of rotatable bonds is 4. The highest BCUT2D eigenvalue weighted by atomic mass is 15.1. The minimum atomic E-state index is 0.942. The molecule has 2 heterocycles. The van der Waals surface area contributed by atoms with Crippen LogP contribution in [0.15, 0.2) is 43.2 Å². The smallest absolute Gasteiger partial charge is 0.115 e. The second-order valence-electron chi connectivity index (χ2n) is 3.62. The third-order valence-corrected chi connectivity index (χ3v) is 2.47. The summed E-state index contributed by atoms with van der Waals surface area (Å²) in [6.45, 7) is 0.942. The largest absolute Gasteiger partial charge is 0.372 e. The molecule has 0 spiro atoms. The van der Waals surface area contributed by atoms with Crippen LogP contribution in [0.1, 0.15) is 5.56 Å². The fourth-order valence-electron chi connectivity index (χ4n) is 1.46. The van der Waals surface area contributed by atoms with Crippen LogP contribution >= 0.6 is 0 Å². The summed E-state index contributed by atoms with van der Waals surface area (Å²) in [5.41, 5.74) is 2.33. The standard InChI is InChI=1S/C12H14N4/c1-16(12-8-14-10-15-9-12)7-4-11-2-5-13-6-3-11/h2-3,5-6,8-10H,4,7H2,1H3. The van der Waals surface area contributed by atoms with Crippen molar-refractivity contribution in [3.8, 4) is 0 Å². The van der Waals surface area contributed by atoms with Crippen molar-refractivity contribution in [3.63, 3.8) is 0 Å². The summed E-state index contributed by atoms with van der Waals surface area (Å²) in [4.78, 5) is 14.1. The van der Waals surface area contributed by atoms with Crippen molar-refractivity contribution < 1.29 is 0 Å². The van der Waals surface area contributed by atoms with Gasteiger partial charge in [-0.3, -0.25) is 4.98 Å². The molecule has 82 valence electrons. The summed E-state index contributed by atoms with van der Waals surface area (Å²) in [5, 5.41) is 0. The predicted molar refractivity (Wildman–Crippen MR) is 63.2 cm³/mol. The van der Waals surface area contributed by atoms with Gasteiger partial charge in [-0.25, -0.2) is 9.97 Å². The summed E-state index contributed by atoms with van der Waals surface area (Å²) >= 11 is 0. The first-order valence-corrected chi connectivity index (χ1v) is 5.21. The van der Waals surface area contributed by atoms with Crippen molar-refractivity contribution in [2.75, 3.05) is 18.5 Å². The zero-order valence-corrected chi connectivity index (χ0v) is 9.24. The van der Waals surface area contributed by atoms with Gasteiger partial charge in [-0.2, -0.15) is 0 Å². The molecule has 0 saturated carbocycles. The molecule has 16 heavy (non-hydrogen) atoms. The molecule has 0 fully saturated rings. The third-order valence-electron chi connectivity index (χ3n) is 2.47. The fourth-order valence-corrected chi connectivity index (χ4v) is 1.46. The molecule has 0 radical (unpaired) electrons. The second-order valence-corrected chi connectivity index (χ2v) is 3.62. The zero-order chi connectivity index (χ0) is 11.2. The number of aromatic nitrogens is 3. The monoisotopic (exact) mass is 214 g/mol. The van der Waals surface area contributed by atoms with Crippen LogP contribution in [0.4, 0.5) is 5.69 Å². The summed E-state index contributed by atoms with van der Waals surface area (Å²) < 4.78 is 0. The van der Waals surface area contributed by atoms with E-state index in [0.29, 0.717) is 0 Å². The van der Waals surface area contributed by atoms with Gasteiger partial charge in [-0.05, 0) is 24.1 Å². The van der Waals surface area contributed by atoms with Crippen molar-refractivity contribution >= 4 is 5.69 Å². The van der Waals surface area contributed by atoms with E-state index in [1.54, 1.807) is 6.33 Å². The molecule has 0 aromatic carbocycles. The first-order chi connectivity index (χ1) is 7.86. The first-order valence-electron chi connectivity index (χ1n) is 5.21. The SMILES string of the molecule is CN(CCc1ccncc1)c1cncnc1. The molecule has 0 aliphatic carbocycles. The summed E-state index contributed by atoms with van der Waals surface area (Å²) in [6.07, 6.45) is 9.81. The lowest BCUT2D eigenvalue weighted by Gasteiger charge is -2.17. The summed E-state index contributed by atoms with van der Waals surface area (Å²) in [6, 6.07) is 4.07. The quantitative estimate of drug-likeness (QED) is 0.774. The number of likely N-dealkylation sites (N-methyl/N-ethyl adjacent to an activating group) is 1. The Kier molecular flexibility index (Phi) is 3.43. The Bertz CT molecular complexity index is 416. The minimum Gasteiger partial charge on any atom is -0.372 e. The lowest BCUT2D eigenvalue weighted by molar-refractivity contribution is 0.867. The van der Waals surface area contributed by atoms with Crippen LogP contribution < -0.4 is 4.90 Å². The van der Waals surface area contributed by atoms with Crippen molar-refractivity contribution in [1.82, 2.24) is 15.0 Å². The maximum absolute atomic E-state index is 4.00. The van der Waals surface area contributed by atoms with Crippen LogP contribution in [0.2, 0.25) is 0 Å². The molecule has 0 bridgehead atoms. The Morgan fingerprint density at radius 2 is 1.75 bits per heavy atom. The maximum Gasteiger partial charge on any atom is 0.115 e. The minimum absolute atomic E-state index is 0.942. The Morgan fingerprint density at radius 1 is 1.06 bits per heavy atom. The maximum atomic E-state index is 4.00. The van der Waals surface area contributed by atoms with E-state index in [9.17, 15) is 0 Å². The molecule has 0 saturated heterocycles. The normalized spacial score (nSPS) is 10.1. The second kappa shape index (κ2) is 5.21. The third kappa shape index (κ3) is 2.76. The highest BCUT2D eigenvalue weighted by molar-refractivity contribution is 5.40. The van der Waals surface area contributed by atoms with Gasteiger partial charge < -0.3 is 4.90 Å². The van der Waals surface area contributed by atoms with Gasteiger partial charge in [0.05, 0.1) is 18.1 Å². The highest BCUT2D eigenvalue weighted by Gasteiger charge is 2.00. The van der Waals surface area contributed by atoms with E-state index in [1.807, 2.05) is 44.0 Å². The van der Waals surface area contributed by atoms with Gasteiger partial charge in [0.15, 0.2) is 0 Å². The molecule has 0 aliphatic rings. The number of hydrogen-bond acceptors (Lipinski definition) is 4. The Balaban J connectivity index is 1.92. The van der Waals surface area contributed by atoms with Gasteiger partial charge >= 0.3 is 0 Å². The predicted octanol–water partition coefficient (Wildman–Crippen LogP) is 1.55. The van der Waals surface area contributed by atoms with E-state index in [-0.39, 0.29) is 0 Å². The number of nitrogens with zero attached hydrogens (tertiary/aromatic N) is 4. The topological polar surface area (TPSA) is 41.9 Å². The molecule has 0 aliphatic heterocycles. The zero-order valence-electron chi connectivity index (χ0n) is 9.24. The van der Waals surface area contributed by atoms with Crippen molar-refractivity contribution in [1.29, 1.82) is 0 Å². The van der Waals surface area contributed by atoms with E-state index in [2.05, 4.69) is 19.9 Å². The highest BCUT2D eigenvalue weighted by Crippen LogP contribution is 2.08. The fraction of sp³-hybridized carbons (Fsp3) is 0.250. The number of anilines is 1. The van der Waals surface area contributed by atoms with E-state index in [0.717, 1.165) is 18.7 Å². The average molecular weight is 214 g/mol. The molecule has 4 heteroatoms. The molecular weight excluding hydrogens is 200 g/mol. The van der Waals surface area contributed by atoms with Gasteiger partial charge in [-0.15, -0.1) is 0 Å². The van der Waals surface area contributed by atoms with Crippen LogP contribution in [-0.2, 0) is 6.42 Å². The van der Waals surface area contributed by atoms with Crippen LogP contribution in [0.5, 0.6) is 0 Å². The Morgan fingerprint density at radius 3 is 2.44 bits per heavy atom. The lowest BCUT2D eigenvalue weighted by Crippen LogP contribution is -2.20. The van der Waals surface area contributed by atoms with Crippen LogP contribution in [0.3, 0.4) is 0 Å². The molecule has 0 unspecified atom stereocenters. The van der Waals surface area contributed by atoms with Gasteiger partial charge in [0.2, 0.25) is 0 Å². The van der Waals surface area contributed by atoms with Gasteiger partial charge in [0, 0.05) is 26.0 Å². The Hall–Kier alpha value is -1.97. The van der Waals surface area contributed by atoms with Crippen LogP contribution in [-0.4, -0.2) is 28.5 Å². The average Bonchev–Trinajstić information content (AvgIpc) is 2.38. The molecule has 0 amide bonds. The first kappa shape index (κ1) is 10.5. The van der Waals surface area contributed by atoms with Crippen LogP contribution in [0, 0.1) is 0 Å². The van der Waals surface area contributed by atoms with Crippen molar-refractivity contribution in [2.45, 2.75) is 6.42 Å². The van der Waals surface area contributed by atoms with Crippen molar-refractivity contribution in [3.05, 3.63) is 48.8 Å². The summed E-state index contributed by atoms with van der Waals surface area (Å²) in [7, 11) is 2.04. The van der Waals surface area contributed by atoms with Gasteiger partial charge in [0.25, 0.3) is 0 Å². The van der Waals surface area contributed by atoms with E-state index < -0.39 is 0 Å². The molecule has 2 aromatic rings. The summed E-state index contributed by atoms with van der Waals surface area (Å²) in [5.74, 6) is 0. The molecular formula is C12H14N4.